The van der Waals surface area contributed by atoms with Gasteiger partial charge in [-0.3, -0.25) is 4.90 Å². The van der Waals surface area contributed by atoms with Gasteiger partial charge >= 0.3 is 0 Å². The molecule has 0 radical (unpaired) electrons. The van der Waals surface area contributed by atoms with Gasteiger partial charge in [0.1, 0.15) is 17.4 Å². The number of methoxy groups -OCH3 is 1. The summed E-state index contributed by atoms with van der Waals surface area (Å²) in [6, 6.07) is 8.06. The third-order valence-corrected chi connectivity index (χ3v) is 5.00. The van der Waals surface area contributed by atoms with Crippen LogP contribution >= 0.6 is 0 Å². The molecule has 1 fully saturated rings. The molecule has 136 valence electrons. The normalized spacial score (nSPS) is 19.8. The first-order chi connectivity index (χ1) is 12.1. The summed E-state index contributed by atoms with van der Waals surface area (Å²) in [4.78, 5) is 6.80. The van der Waals surface area contributed by atoms with Gasteiger partial charge in [-0.15, -0.1) is 0 Å². The molecule has 3 rings (SSSR count). The van der Waals surface area contributed by atoms with Crippen LogP contribution in [-0.2, 0) is 6.54 Å². The van der Waals surface area contributed by atoms with Crippen molar-refractivity contribution in [1.29, 1.82) is 0 Å². The Morgan fingerprint density at radius 3 is 2.64 bits per heavy atom. The lowest BCUT2D eigenvalue weighted by atomic mass is 10.00. The van der Waals surface area contributed by atoms with Gasteiger partial charge in [-0.25, -0.2) is 9.67 Å². The number of benzene rings is 1. The SMILES string of the molecule is COc1ccc(C(O)CN2CCCCC2Cn2nc(C)nc2C)cc1. The molecule has 6 nitrogen and oxygen atoms in total. The van der Waals surface area contributed by atoms with Gasteiger partial charge in [0.05, 0.1) is 19.8 Å². The maximum Gasteiger partial charge on any atom is 0.147 e. The third-order valence-electron chi connectivity index (χ3n) is 5.00. The minimum Gasteiger partial charge on any atom is -0.497 e. The van der Waals surface area contributed by atoms with Crippen LogP contribution in [0.1, 0.15) is 42.6 Å². The van der Waals surface area contributed by atoms with Crippen LogP contribution < -0.4 is 4.74 Å². The Kier molecular flexibility index (Phi) is 5.71. The van der Waals surface area contributed by atoms with Crippen LogP contribution in [0.5, 0.6) is 5.75 Å². The predicted octanol–water partition coefficient (Wildman–Crippen LogP) is 2.49. The largest absolute Gasteiger partial charge is 0.497 e. The highest BCUT2D eigenvalue weighted by Crippen LogP contribution is 2.24. The van der Waals surface area contributed by atoms with Crippen LogP contribution in [-0.4, -0.2) is 51.0 Å². The zero-order chi connectivity index (χ0) is 17.8. The molecule has 0 bridgehead atoms. The van der Waals surface area contributed by atoms with Crippen molar-refractivity contribution in [3.8, 4) is 5.75 Å². The highest BCUT2D eigenvalue weighted by atomic mass is 16.5. The van der Waals surface area contributed by atoms with Crippen molar-refractivity contribution in [3.63, 3.8) is 0 Å². The number of aryl methyl sites for hydroxylation is 2. The third kappa shape index (κ3) is 4.38. The van der Waals surface area contributed by atoms with Gasteiger partial charge in [0.15, 0.2) is 0 Å². The molecule has 25 heavy (non-hydrogen) atoms. The van der Waals surface area contributed by atoms with E-state index in [0.29, 0.717) is 12.6 Å². The second-order valence-corrected chi connectivity index (χ2v) is 6.82. The van der Waals surface area contributed by atoms with E-state index < -0.39 is 6.10 Å². The number of hydrogen-bond acceptors (Lipinski definition) is 5. The van der Waals surface area contributed by atoms with Crippen LogP contribution in [0.2, 0.25) is 0 Å². The average molecular weight is 344 g/mol. The minimum atomic E-state index is -0.495. The predicted molar refractivity (Wildman–Crippen MR) is 96.7 cm³/mol. The number of piperidine rings is 1. The van der Waals surface area contributed by atoms with E-state index in [0.717, 1.165) is 42.5 Å². The number of likely N-dealkylation sites (tertiary alicyclic amines) is 1. The summed E-state index contributed by atoms with van der Waals surface area (Å²) < 4.78 is 7.19. The number of aliphatic hydroxyl groups is 1. The zero-order valence-electron chi connectivity index (χ0n) is 15.4. The molecule has 1 saturated heterocycles. The van der Waals surface area contributed by atoms with Crippen molar-refractivity contribution in [3.05, 3.63) is 41.5 Å². The second-order valence-electron chi connectivity index (χ2n) is 6.82. The van der Waals surface area contributed by atoms with Crippen molar-refractivity contribution < 1.29 is 9.84 Å². The summed E-state index contributed by atoms with van der Waals surface area (Å²) >= 11 is 0. The first kappa shape index (κ1) is 17.9. The van der Waals surface area contributed by atoms with E-state index in [1.165, 1.54) is 12.8 Å². The van der Waals surface area contributed by atoms with Gasteiger partial charge in [-0.2, -0.15) is 5.10 Å². The lowest BCUT2D eigenvalue weighted by molar-refractivity contribution is 0.0588. The molecule has 1 aliphatic heterocycles. The quantitative estimate of drug-likeness (QED) is 0.872. The van der Waals surface area contributed by atoms with E-state index in [1.54, 1.807) is 7.11 Å². The average Bonchev–Trinajstić information content (AvgIpc) is 2.94. The van der Waals surface area contributed by atoms with Crippen molar-refractivity contribution in [2.45, 2.75) is 51.8 Å². The second kappa shape index (κ2) is 7.97. The fourth-order valence-electron chi connectivity index (χ4n) is 3.59. The van der Waals surface area contributed by atoms with Crippen LogP contribution in [0, 0.1) is 13.8 Å². The van der Waals surface area contributed by atoms with Crippen LogP contribution in [0.15, 0.2) is 24.3 Å². The molecular weight excluding hydrogens is 316 g/mol. The first-order valence-electron chi connectivity index (χ1n) is 9.01. The van der Waals surface area contributed by atoms with E-state index in [1.807, 2.05) is 42.8 Å². The molecule has 1 aromatic heterocycles. The molecular formula is C19H28N4O2. The number of aromatic nitrogens is 3. The van der Waals surface area contributed by atoms with E-state index in [2.05, 4.69) is 15.0 Å². The molecule has 0 spiro atoms. The van der Waals surface area contributed by atoms with Crippen LogP contribution in [0.4, 0.5) is 0 Å². The summed E-state index contributed by atoms with van der Waals surface area (Å²) in [5.41, 5.74) is 0.929. The topological polar surface area (TPSA) is 63.4 Å². The molecule has 1 N–H and O–H groups in total. The van der Waals surface area contributed by atoms with Crippen LogP contribution in [0.3, 0.4) is 0 Å². The summed E-state index contributed by atoms with van der Waals surface area (Å²) in [6.07, 6.45) is 3.05. The van der Waals surface area contributed by atoms with E-state index in [-0.39, 0.29) is 0 Å². The molecule has 2 unspecified atom stereocenters. The van der Waals surface area contributed by atoms with E-state index >= 15 is 0 Å². The standard InChI is InChI=1S/C19H28N4O2/c1-14-20-15(2)23(21-14)12-17-6-4-5-11-22(17)13-19(24)16-7-9-18(25-3)10-8-16/h7-10,17,19,24H,4-6,11-13H2,1-3H3. The summed E-state index contributed by atoms with van der Waals surface area (Å²) in [6.45, 7) is 6.42. The van der Waals surface area contributed by atoms with Crippen molar-refractivity contribution in [1.82, 2.24) is 19.7 Å². The lowest BCUT2D eigenvalue weighted by Crippen LogP contribution is -2.44. The maximum atomic E-state index is 10.7. The first-order valence-corrected chi connectivity index (χ1v) is 9.01. The maximum absolute atomic E-state index is 10.7. The lowest BCUT2D eigenvalue weighted by Gasteiger charge is -2.37. The van der Waals surface area contributed by atoms with Crippen molar-refractivity contribution in [2.24, 2.45) is 0 Å². The monoisotopic (exact) mass is 344 g/mol. The van der Waals surface area contributed by atoms with Gasteiger partial charge in [0.2, 0.25) is 0 Å². The molecule has 2 aromatic rings. The smallest absolute Gasteiger partial charge is 0.147 e. The number of β-amino-alcohol motifs (C(OH)–C–C–N with tert-alkyl or cyclic N) is 1. The Bertz CT molecular complexity index is 683. The Morgan fingerprint density at radius 1 is 1.24 bits per heavy atom. The summed E-state index contributed by atoms with van der Waals surface area (Å²) in [7, 11) is 1.65. The van der Waals surface area contributed by atoms with Crippen LogP contribution in [0.25, 0.3) is 0 Å². The number of nitrogens with zero attached hydrogens (tertiary/aromatic N) is 4. The Morgan fingerprint density at radius 2 is 2.00 bits per heavy atom. The molecule has 2 atom stereocenters. The van der Waals surface area contributed by atoms with Gasteiger partial charge in [0.25, 0.3) is 0 Å². The fraction of sp³-hybridized carbons (Fsp3) is 0.579. The van der Waals surface area contributed by atoms with Gasteiger partial charge < -0.3 is 9.84 Å². The highest BCUT2D eigenvalue weighted by Gasteiger charge is 2.26. The zero-order valence-corrected chi connectivity index (χ0v) is 15.4. The Balaban J connectivity index is 1.66. The van der Waals surface area contributed by atoms with E-state index in [9.17, 15) is 5.11 Å². The highest BCUT2D eigenvalue weighted by molar-refractivity contribution is 5.28. The minimum absolute atomic E-state index is 0.390. The molecule has 0 saturated carbocycles. The number of hydrogen-bond donors (Lipinski definition) is 1. The van der Waals surface area contributed by atoms with Gasteiger partial charge in [0, 0.05) is 12.6 Å². The molecule has 6 heteroatoms. The summed E-state index contributed by atoms with van der Waals surface area (Å²) in [5.74, 6) is 2.58. The summed E-state index contributed by atoms with van der Waals surface area (Å²) in [5, 5.41) is 15.2. The Hall–Kier alpha value is -1.92. The number of rotatable bonds is 6. The van der Waals surface area contributed by atoms with Crippen molar-refractivity contribution >= 4 is 0 Å². The fourth-order valence-corrected chi connectivity index (χ4v) is 3.59. The molecule has 2 heterocycles. The molecule has 0 aliphatic carbocycles. The van der Waals surface area contributed by atoms with Crippen molar-refractivity contribution in [2.75, 3.05) is 20.2 Å². The Labute approximate surface area is 149 Å². The van der Waals surface area contributed by atoms with Gasteiger partial charge in [-0.05, 0) is 50.9 Å². The number of aliphatic hydroxyl groups excluding tert-OH is 1. The van der Waals surface area contributed by atoms with E-state index in [4.69, 9.17) is 4.74 Å². The molecule has 1 aliphatic rings. The van der Waals surface area contributed by atoms with Gasteiger partial charge in [-0.1, -0.05) is 18.6 Å². The molecule has 0 amide bonds. The molecule has 1 aromatic carbocycles. The number of ether oxygens (including phenoxy) is 1.